The van der Waals surface area contributed by atoms with Crippen molar-refractivity contribution >= 4 is 38.6 Å². The molecule has 0 radical (unpaired) electrons. The SMILES string of the molecule is CCc1ccc(S(=O)(=O)Nc2ccc(Nc3c(F)cccc3F)cn2)s1. The minimum Gasteiger partial charge on any atom is -0.349 e. The fourth-order valence-electron chi connectivity index (χ4n) is 2.17. The number of aromatic nitrogens is 1. The van der Waals surface area contributed by atoms with Crippen molar-refractivity contribution in [2.24, 2.45) is 0 Å². The van der Waals surface area contributed by atoms with Gasteiger partial charge < -0.3 is 5.32 Å². The lowest BCUT2D eigenvalue weighted by Gasteiger charge is -2.10. The molecule has 0 aliphatic rings. The molecule has 26 heavy (non-hydrogen) atoms. The van der Waals surface area contributed by atoms with Crippen LogP contribution in [-0.4, -0.2) is 13.4 Å². The Kier molecular flexibility index (Phi) is 5.19. The predicted octanol–water partition coefficient (Wildman–Crippen LogP) is 4.53. The number of hydrogen-bond acceptors (Lipinski definition) is 5. The van der Waals surface area contributed by atoms with Crippen LogP contribution < -0.4 is 10.0 Å². The van der Waals surface area contributed by atoms with Crippen LogP contribution in [-0.2, 0) is 16.4 Å². The first-order valence-corrected chi connectivity index (χ1v) is 9.97. The third kappa shape index (κ3) is 4.00. The molecule has 0 saturated heterocycles. The fourth-order valence-corrected chi connectivity index (χ4v) is 4.47. The van der Waals surface area contributed by atoms with Crippen molar-refractivity contribution in [3.63, 3.8) is 0 Å². The van der Waals surface area contributed by atoms with E-state index in [-0.39, 0.29) is 15.7 Å². The monoisotopic (exact) mass is 395 g/mol. The van der Waals surface area contributed by atoms with Crippen LogP contribution in [0.1, 0.15) is 11.8 Å². The van der Waals surface area contributed by atoms with Crippen molar-refractivity contribution in [2.45, 2.75) is 17.6 Å². The normalized spacial score (nSPS) is 11.3. The highest BCUT2D eigenvalue weighted by atomic mass is 32.2. The summed E-state index contributed by atoms with van der Waals surface area (Å²) in [6.07, 6.45) is 2.04. The molecule has 1 aromatic carbocycles. The molecule has 2 aromatic heterocycles. The van der Waals surface area contributed by atoms with Crippen molar-refractivity contribution in [1.82, 2.24) is 4.98 Å². The lowest BCUT2D eigenvalue weighted by atomic mass is 10.2. The van der Waals surface area contributed by atoms with Crippen molar-refractivity contribution in [2.75, 3.05) is 10.0 Å². The third-order valence-electron chi connectivity index (χ3n) is 3.48. The van der Waals surface area contributed by atoms with Gasteiger partial charge in [-0.15, -0.1) is 11.3 Å². The zero-order valence-electron chi connectivity index (χ0n) is 13.7. The number of para-hydroxylation sites is 1. The molecule has 0 atom stereocenters. The molecule has 0 amide bonds. The van der Waals surface area contributed by atoms with Crippen LogP contribution in [0.2, 0.25) is 0 Å². The molecular weight excluding hydrogens is 380 g/mol. The number of rotatable bonds is 6. The Hall–Kier alpha value is -2.52. The van der Waals surface area contributed by atoms with Gasteiger partial charge in [0.25, 0.3) is 10.0 Å². The minimum absolute atomic E-state index is 0.107. The first-order chi connectivity index (χ1) is 12.4. The fraction of sp³-hybridized carbons (Fsp3) is 0.118. The Bertz CT molecular complexity index is 998. The summed E-state index contributed by atoms with van der Waals surface area (Å²) in [5.74, 6) is -1.37. The standard InChI is InChI=1S/C17H15F2N3O2S2/c1-2-12-7-9-16(25-12)26(23,24)22-15-8-6-11(10-20-15)21-17-13(18)4-3-5-14(17)19/h3-10,21H,2H2,1H3,(H,20,22). The van der Waals surface area contributed by atoms with Gasteiger partial charge in [-0.1, -0.05) is 13.0 Å². The summed E-state index contributed by atoms with van der Waals surface area (Å²) in [7, 11) is -3.72. The van der Waals surface area contributed by atoms with E-state index >= 15 is 0 Å². The van der Waals surface area contributed by atoms with Crippen molar-refractivity contribution in [3.05, 3.63) is 65.2 Å². The van der Waals surface area contributed by atoms with E-state index in [0.717, 1.165) is 23.4 Å². The maximum atomic E-state index is 13.6. The van der Waals surface area contributed by atoms with Crippen molar-refractivity contribution < 1.29 is 17.2 Å². The minimum atomic E-state index is -3.72. The molecule has 0 fully saturated rings. The van der Waals surface area contributed by atoms with E-state index in [1.807, 2.05) is 6.92 Å². The number of thiophene rings is 1. The van der Waals surface area contributed by atoms with E-state index in [4.69, 9.17) is 0 Å². The first kappa shape index (κ1) is 18.3. The van der Waals surface area contributed by atoms with Crippen LogP contribution in [0.25, 0.3) is 0 Å². The maximum absolute atomic E-state index is 13.6. The van der Waals surface area contributed by atoms with Gasteiger partial charge in [0.1, 0.15) is 27.3 Å². The number of nitrogens with one attached hydrogen (secondary N) is 2. The molecule has 2 heterocycles. The van der Waals surface area contributed by atoms with E-state index in [1.54, 1.807) is 12.1 Å². The third-order valence-corrected chi connectivity index (χ3v) is 6.56. The molecule has 136 valence electrons. The molecule has 0 bridgehead atoms. The van der Waals surface area contributed by atoms with E-state index in [2.05, 4.69) is 15.0 Å². The van der Waals surface area contributed by atoms with Crippen LogP contribution in [0.5, 0.6) is 0 Å². The van der Waals surface area contributed by atoms with E-state index in [9.17, 15) is 17.2 Å². The second-order valence-electron chi connectivity index (χ2n) is 5.33. The lowest BCUT2D eigenvalue weighted by Crippen LogP contribution is -2.12. The zero-order chi connectivity index (χ0) is 18.7. The molecule has 3 aromatic rings. The Morgan fingerprint density at radius 1 is 1.08 bits per heavy atom. The molecule has 0 aliphatic carbocycles. The molecular formula is C17H15F2N3O2S2. The average molecular weight is 395 g/mol. The quantitative estimate of drug-likeness (QED) is 0.643. The highest BCUT2D eigenvalue weighted by Crippen LogP contribution is 2.25. The van der Waals surface area contributed by atoms with Gasteiger partial charge in [0.2, 0.25) is 0 Å². The molecule has 3 rings (SSSR count). The zero-order valence-corrected chi connectivity index (χ0v) is 15.3. The van der Waals surface area contributed by atoms with Gasteiger partial charge >= 0.3 is 0 Å². The summed E-state index contributed by atoms with van der Waals surface area (Å²) >= 11 is 1.19. The number of anilines is 3. The van der Waals surface area contributed by atoms with E-state index < -0.39 is 21.7 Å². The Morgan fingerprint density at radius 2 is 1.81 bits per heavy atom. The van der Waals surface area contributed by atoms with E-state index in [0.29, 0.717) is 5.69 Å². The van der Waals surface area contributed by atoms with Gasteiger partial charge in [0.15, 0.2) is 0 Å². The number of aryl methyl sites for hydroxylation is 1. The van der Waals surface area contributed by atoms with Gasteiger partial charge in [-0.25, -0.2) is 22.2 Å². The summed E-state index contributed by atoms with van der Waals surface area (Å²) in [6.45, 7) is 1.95. The molecule has 5 nitrogen and oxygen atoms in total. The molecule has 0 saturated carbocycles. The molecule has 9 heteroatoms. The molecule has 0 unspecified atom stereocenters. The van der Waals surface area contributed by atoms with Gasteiger partial charge in [0, 0.05) is 4.88 Å². The second-order valence-corrected chi connectivity index (χ2v) is 8.41. The number of pyridine rings is 1. The van der Waals surface area contributed by atoms with Gasteiger partial charge in [-0.3, -0.25) is 4.72 Å². The Morgan fingerprint density at radius 3 is 2.38 bits per heavy atom. The number of benzene rings is 1. The molecule has 0 aliphatic heterocycles. The predicted molar refractivity (Wildman–Crippen MR) is 98.4 cm³/mol. The highest BCUT2D eigenvalue weighted by Gasteiger charge is 2.17. The summed E-state index contributed by atoms with van der Waals surface area (Å²) in [4.78, 5) is 4.94. The molecule has 2 N–H and O–H groups in total. The number of sulfonamides is 1. The summed E-state index contributed by atoms with van der Waals surface area (Å²) in [5, 5.41) is 2.59. The van der Waals surface area contributed by atoms with E-state index in [1.165, 1.54) is 35.7 Å². The van der Waals surface area contributed by atoms with Crippen molar-refractivity contribution in [1.29, 1.82) is 0 Å². The Balaban J connectivity index is 1.75. The van der Waals surface area contributed by atoms with Crippen molar-refractivity contribution in [3.8, 4) is 0 Å². The van der Waals surface area contributed by atoms with Crippen LogP contribution in [0, 0.1) is 11.6 Å². The topological polar surface area (TPSA) is 71.1 Å². The van der Waals surface area contributed by atoms with Gasteiger partial charge in [-0.05, 0) is 42.8 Å². The average Bonchev–Trinajstić information content (AvgIpc) is 3.10. The van der Waals surface area contributed by atoms with Crippen LogP contribution in [0.4, 0.5) is 26.0 Å². The maximum Gasteiger partial charge on any atom is 0.272 e. The van der Waals surface area contributed by atoms with Gasteiger partial charge in [0.05, 0.1) is 11.9 Å². The number of nitrogens with zero attached hydrogens (tertiary/aromatic N) is 1. The van der Waals surface area contributed by atoms with Crippen LogP contribution in [0.15, 0.2) is 52.9 Å². The van der Waals surface area contributed by atoms with Crippen LogP contribution in [0.3, 0.4) is 0 Å². The van der Waals surface area contributed by atoms with Crippen LogP contribution >= 0.6 is 11.3 Å². The largest absolute Gasteiger partial charge is 0.349 e. The number of hydrogen-bond donors (Lipinski definition) is 2. The summed E-state index contributed by atoms with van der Waals surface area (Å²) in [6, 6.07) is 9.72. The summed E-state index contributed by atoms with van der Waals surface area (Å²) in [5.41, 5.74) is 0.0228. The Labute approximate surface area is 153 Å². The first-order valence-electron chi connectivity index (χ1n) is 7.67. The second kappa shape index (κ2) is 7.38. The van der Waals surface area contributed by atoms with Gasteiger partial charge in [-0.2, -0.15) is 0 Å². The smallest absolute Gasteiger partial charge is 0.272 e. The number of halogens is 2. The highest BCUT2D eigenvalue weighted by molar-refractivity contribution is 7.94. The lowest BCUT2D eigenvalue weighted by molar-refractivity contribution is 0.590. The molecule has 0 spiro atoms. The summed E-state index contributed by atoms with van der Waals surface area (Å²) < 4.78 is 54.5.